The molecule has 5 heteroatoms. The first-order chi connectivity index (χ1) is 7.79. The molecule has 5 nitrogen and oxygen atoms in total. The van der Waals surface area contributed by atoms with Crippen molar-refractivity contribution in [3.8, 4) is 5.75 Å². The third-order valence-electron chi connectivity index (χ3n) is 2.22. The zero-order valence-corrected chi connectivity index (χ0v) is 8.19. The maximum absolute atomic E-state index is 7.94. The summed E-state index contributed by atoms with van der Waals surface area (Å²) in [4.78, 5) is 0. The van der Waals surface area contributed by atoms with E-state index in [4.69, 9.17) is 6.11 Å². The molecule has 0 aliphatic heterocycles. The van der Waals surface area contributed by atoms with Crippen LogP contribution < -0.4 is 4.74 Å². The molecule has 0 fully saturated rings. The number of aromatic amines is 1. The molecule has 3 aromatic rings. The highest BCUT2D eigenvalue weighted by Crippen LogP contribution is 2.20. The summed E-state index contributed by atoms with van der Waals surface area (Å²) >= 11 is 0. The van der Waals surface area contributed by atoms with Gasteiger partial charge in [-0.25, -0.2) is 4.52 Å². The van der Waals surface area contributed by atoms with Crippen LogP contribution in [0.5, 0.6) is 5.75 Å². The van der Waals surface area contributed by atoms with Crippen LogP contribution in [0.25, 0.3) is 16.6 Å². The van der Waals surface area contributed by atoms with E-state index in [1.807, 2.05) is 6.92 Å². The number of rotatable bonds is 2. The predicted molar refractivity (Wildman–Crippen MR) is 56.0 cm³/mol. The van der Waals surface area contributed by atoms with Gasteiger partial charge in [-0.15, -0.1) is 5.10 Å². The van der Waals surface area contributed by atoms with Crippen molar-refractivity contribution in [3.05, 3.63) is 24.5 Å². The Hall–Kier alpha value is -2.04. The molecule has 3 rings (SSSR count). The Balaban J connectivity index is 2.34. The second kappa shape index (κ2) is 2.98. The van der Waals surface area contributed by atoms with Gasteiger partial charge in [0.15, 0.2) is 5.65 Å². The van der Waals surface area contributed by atoms with Gasteiger partial charge in [-0.2, -0.15) is 5.10 Å². The van der Waals surface area contributed by atoms with Gasteiger partial charge in [-0.05, 0) is 19.0 Å². The number of hydrogen-bond acceptors (Lipinski definition) is 3. The Bertz CT molecular complexity index is 657. The topological polar surface area (TPSA) is 55.2 Å². The molecule has 76 valence electrons. The molecule has 0 amide bonds. The van der Waals surface area contributed by atoms with Crippen molar-refractivity contribution in [1.29, 1.82) is 0 Å². The molecule has 0 unspecified atom stereocenters. The van der Waals surface area contributed by atoms with Crippen LogP contribution in [0.15, 0.2) is 24.5 Å². The number of fused-ring (bicyclic) bond motifs is 3. The average Bonchev–Trinajstić information content (AvgIpc) is 2.76. The lowest BCUT2D eigenvalue weighted by molar-refractivity contribution is 0.338. The van der Waals surface area contributed by atoms with Crippen LogP contribution >= 0.6 is 0 Å². The molecule has 15 heavy (non-hydrogen) atoms. The van der Waals surface area contributed by atoms with E-state index in [0.717, 1.165) is 10.9 Å². The minimum atomic E-state index is 0.384. The molecule has 0 aromatic carbocycles. The summed E-state index contributed by atoms with van der Waals surface area (Å²) in [5, 5.41) is 11.8. The van der Waals surface area contributed by atoms with Crippen molar-refractivity contribution in [2.75, 3.05) is 6.61 Å². The normalized spacial score (nSPS) is 12.2. The summed E-state index contributed by atoms with van der Waals surface area (Å²) in [7, 11) is 0. The van der Waals surface area contributed by atoms with E-state index in [9.17, 15) is 0 Å². The van der Waals surface area contributed by atoms with Gasteiger partial charge in [0.05, 0.1) is 31.3 Å². The number of nitrogens with zero attached hydrogens (tertiary/aromatic N) is 3. The van der Waals surface area contributed by atoms with Crippen LogP contribution in [0.4, 0.5) is 0 Å². The molecule has 3 aromatic heterocycles. The van der Waals surface area contributed by atoms with Crippen LogP contribution in [0, 0.1) is 0 Å². The molecule has 3 heterocycles. The molecular weight excluding hydrogens is 192 g/mol. The molecule has 0 bridgehead atoms. The van der Waals surface area contributed by atoms with E-state index in [2.05, 4.69) is 15.3 Å². The Kier molecular flexibility index (Phi) is 1.45. The quantitative estimate of drug-likeness (QED) is 0.688. The fourth-order valence-corrected chi connectivity index (χ4v) is 1.59. The number of hydrogen-bond donors (Lipinski definition) is 1. The smallest absolute Gasteiger partial charge is 0.178 e. The third-order valence-corrected chi connectivity index (χ3v) is 2.22. The van der Waals surface area contributed by atoms with Gasteiger partial charge in [0.1, 0.15) is 5.75 Å². The second-order valence-electron chi connectivity index (χ2n) is 3.18. The van der Waals surface area contributed by atoms with Gasteiger partial charge in [-0.3, -0.25) is 5.10 Å². The Morgan fingerprint density at radius 3 is 3.47 bits per heavy atom. The van der Waals surface area contributed by atoms with Crippen molar-refractivity contribution in [2.45, 2.75) is 6.92 Å². The summed E-state index contributed by atoms with van der Waals surface area (Å²) < 4.78 is 14.9. The van der Waals surface area contributed by atoms with Crippen molar-refractivity contribution in [3.63, 3.8) is 0 Å². The summed E-state index contributed by atoms with van der Waals surface area (Å²) in [6.07, 6.45) is 3.45. The molecule has 0 spiro atoms. The van der Waals surface area contributed by atoms with Gasteiger partial charge in [0, 0.05) is 0 Å². The summed E-state index contributed by atoms with van der Waals surface area (Å²) in [5.74, 6) is 0.651. The summed E-state index contributed by atoms with van der Waals surface area (Å²) in [6.45, 7) is 2.48. The van der Waals surface area contributed by atoms with Crippen molar-refractivity contribution in [1.82, 2.24) is 19.8 Å². The van der Waals surface area contributed by atoms with Crippen LogP contribution in [0.1, 0.15) is 8.29 Å². The standard InChI is InChI=1S/C10H10N4O/c1-2-15-7-3-4-9-8-5-11-12-10(8)13-14(9)6-7/h3-6H,2H2,1H3,(H,12,13)/i4D. The number of H-pyrrole nitrogens is 1. The Morgan fingerprint density at radius 2 is 2.60 bits per heavy atom. The van der Waals surface area contributed by atoms with Crippen LogP contribution in [0.2, 0.25) is 0 Å². The predicted octanol–water partition coefficient (Wildman–Crippen LogP) is 1.61. The average molecular weight is 203 g/mol. The van der Waals surface area contributed by atoms with Crippen molar-refractivity contribution >= 4 is 16.6 Å². The van der Waals surface area contributed by atoms with Gasteiger partial charge in [-0.1, -0.05) is 0 Å². The highest BCUT2D eigenvalue weighted by molar-refractivity contribution is 5.91. The molecule has 1 N–H and O–H groups in total. The molecule has 0 aliphatic rings. The van der Waals surface area contributed by atoms with Gasteiger partial charge in [0.2, 0.25) is 0 Å². The zero-order chi connectivity index (χ0) is 11.1. The highest BCUT2D eigenvalue weighted by Gasteiger charge is 2.06. The highest BCUT2D eigenvalue weighted by atomic mass is 16.5. The number of pyridine rings is 1. The second-order valence-corrected chi connectivity index (χ2v) is 3.18. The lowest BCUT2D eigenvalue weighted by Crippen LogP contribution is -1.94. The van der Waals surface area contributed by atoms with Crippen LogP contribution in [-0.2, 0) is 0 Å². The maximum Gasteiger partial charge on any atom is 0.178 e. The van der Waals surface area contributed by atoms with Crippen LogP contribution in [0.3, 0.4) is 0 Å². The van der Waals surface area contributed by atoms with Crippen molar-refractivity contribution in [2.24, 2.45) is 0 Å². The molecule has 0 atom stereocenters. The molecule has 0 radical (unpaired) electrons. The molecule has 0 saturated carbocycles. The largest absolute Gasteiger partial charge is 0.492 e. The first kappa shape index (κ1) is 7.28. The first-order valence-corrected chi connectivity index (χ1v) is 4.74. The number of nitrogens with one attached hydrogen (secondary N) is 1. The minimum absolute atomic E-state index is 0.384. The molecule has 0 aliphatic carbocycles. The Morgan fingerprint density at radius 1 is 1.67 bits per heavy atom. The summed E-state index contributed by atoms with van der Waals surface area (Å²) in [5.41, 5.74) is 1.43. The maximum atomic E-state index is 7.94. The lowest BCUT2D eigenvalue weighted by Gasteiger charge is -2.02. The fourth-order valence-electron chi connectivity index (χ4n) is 1.59. The van der Waals surface area contributed by atoms with Gasteiger partial charge < -0.3 is 4.74 Å². The lowest BCUT2D eigenvalue weighted by atomic mass is 10.3. The van der Waals surface area contributed by atoms with E-state index >= 15 is 0 Å². The Labute approximate surface area is 87.1 Å². The number of ether oxygens (including phenoxy) is 1. The van der Waals surface area contributed by atoms with Crippen LogP contribution in [-0.4, -0.2) is 26.4 Å². The van der Waals surface area contributed by atoms with Gasteiger partial charge in [0.25, 0.3) is 0 Å². The number of aromatic nitrogens is 4. The summed E-state index contributed by atoms with van der Waals surface area (Å²) in [6, 6.07) is 2.07. The van der Waals surface area contributed by atoms with E-state index < -0.39 is 0 Å². The van der Waals surface area contributed by atoms with E-state index in [0.29, 0.717) is 24.0 Å². The van der Waals surface area contributed by atoms with E-state index in [1.54, 1.807) is 23.0 Å². The van der Waals surface area contributed by atoms with E-state index in [1.165, 1.54) is 0 Å². The zero-order valence-electron chi connectivity index (χ0n) is 9.19. The molecular formula is C10H10N4O. The SMILES string of the molecule is [2H]c1cc(OCC)cn2nc3[nH]ncc3c12. The molecule has 0 saturated heterocycles. The van der Waals surface area contributed by atoms with Crippen molar-refractivity contribution < 1.29 is 6.11 Å². The van der Waals surface area contributed by atoms with E-state index in [-0.39, 0.29) is 0 Å². The fraction of sp³-hybridized carbons (Fsp3) is 0.200. The minimum Gasteiger partial charge on any atom is -0.492 e. The monoisotopic (exact) mass is 203 g/mol. The van der Waals surface area contributed by atoms with Gasteiger partial charge >= 0.3 is 0 Å². The third kappa shape index (κ3) is 1.16. The first-order valence-electron chi connectivity index (χ1n) is 5.24.